The van der Waals surface area contributed by atoms with Gasteiger partial charge < -0.3 is 29.6 Å². The van der Waals surface area contributed by atoms with E-state index in [1.807, 2.05) is 36.0 Å². The van der Waals surface area contributed by atoms with E-state index in [2.05, 4.69) is 0 Å². The number of carbonyl (C=O) groups excluding carboxylic acids is 1. The van der Waals surface area contributed by atoms with Gasteiger partial charge in [0.1, 0.15) is 25.0 Å². The van der Waals surface area contributed by atoms with Gasteiger partial charge in [0.25, 0.3) is 0 Å². The molecule has 0 radical (unpaired) electrons. The molecule has 0 fully saturated rings. The molecule has 4 N–H and O–H groups in total. The number of hydrogen-bond acceptors (Lipinski definition) is 5. The molecule has 7 nitrogen and oxygen atoms in total. The number of aliphatic hydroxyl groups excluding tert-OH is 2. The average molecular weight is 351 g/mol. The Kier molecular flexibility index (Phi) is 6.81. The van der Waals surface area contributed by atoms with Crippen molar-refractivity contribution in [3.8, 4) is 5.75 Å². The highest BCUT2D eigenvalue weighted by atomic mass is 16.5. The van der Waals surface area contributed by atoms with Gasteiger partial charge in [-0.05, 0) is 32.0 Å². The molecular weight excluding hydrogens is 324 g/mol. The third-order valence-electron chi connectivity index (χ3n) is 4.16. The van der Waals surface area contributed by atoms with E-state index in [1.54, 1.807) is 13.0 Å². The van der Waals surface area contributed by atoms with Crippen molar-refractivity contribution >= 4 is 16.9 Å². The summed E-state index contributed by atoms with van der Waals surface area (Å²) in [6.07, 6.45) is -0.635. The van der Waals surface area contributed by atoms with Gasteiger partial charge in [0, 0.05) is 23.6 Å². The third kappa shape index (κ3) is 4.50. The highest BCUT2D eigenvalue weighted by molar-refractivity contribution is 6.06. The van der Waals surface area contributed by atoms with Gasteiger partial charge in [-0.2, -0.15) is 0 Å². The van der Waals surface area contributed by atoms with Crippen molar-refractivity contribution in [3.63, 3.8) is 0 Å². The van der Waals surface area contributed by atoms with Crippen molar-refractivity contribution in [2.45, 2.75) is 20.0 Å². The van der Waals surface area contributed by atoms with Crippen LogP contribution in [0.1, 0.15) is 23.0 Å². The van der Waals surface area contributed by atoms with Crippen molar-refractivity contribution in [1.29, 1.82) is 0 Å². The summed E-state index contributed by atoms with van der Waals surface area (Å²) in [4.78, 5) is 12.3. The number of hydrogen-bond donors (Lipinski definition) is 3. The minimum absolute atomic E-state index is 0.0776. The molecule has 0 aliphatic carbocycles. The Bertz CT molecular complexity index is 726. The predicted molar refractivity (Wildman–Crippen MR) is 93.9 cm³/mol. The maximum atomic E-state index is 12.3. The Balaban J connectivity index is 2.18. The summed E-state index contributed by atoms with van der Waals surface area (Å²) in [5.41, 5.74) is 2.30. The first-order valence-electron chi connectivity index (χ1n) is 8.49. The van der Waals surface area contributed by atoms with E-state index in [9.17, 15) is 9.90 Å². The maximum Gasteiger partial charge on any atom is 0.340 e. The van der Waals surface area contributed by atoms with Gasteiger partial charge in [0.2, 0.25) is 0 Å². The van der Waals surface area contributed by atoms with Gasteiger partial charge in [-0.3, -0.25) is 0 Å². The van der Waals surface area contributed by atoms with Crippen molar-refractivity contribution in [1.82, 2.24) is 4.57 Å². The first kappa shape index (κ1) is 19.2. The van der Waals surface area contributed by atoms with Gasteiger partial charge in [-0.25, -0.2) is 4.79 Å². The Labute approximate surface area is 147 Å². The summed E-state index contributed by atoms with van der Waals surface area (Å²) in [7, 11) is 1.90. The second kappa shape index (κ2) is 8.84. The molecule has 1 aromatic heterocycles. The summed E-state index contributed by atoms with van der Waals surface area (Å²) >= 11 is 0. The molecule has 1 unspecified atom stereocenters. The number of esters is 1. The van der Waals surface area contributed by atoms with Crippen LogP contribution in [0.5, 0.6) is 5.75 Å². The van der Waals surface area contributed by atoms with E-state index >= 15 is 0 Å². The lowest BCUT2D eigenvalue weighted by Crippen LogP contribution is -2.87. The molecule has 0 spiro atoms. The lowest BCUT2D eigenvalue weighted by Gasteiger charge is -2.11. The van der Waals surface area contributed by atoms with E-state index in [-0.39, 0.29) is 19.2 Å². The lowest BCUT2D eigenvalue weighted by molar-refractivity contribution is -0.662. The molecule has 0 saturated carbocycles. The van der Waals surface area contributed by atoms with E-state index < -0.39 is 6.10 Å². The van der Waals surface area contributed by atoms with Crippen molar-refractivity contribution in [2.24, 2.45) is 7.05 Å². The van der Waals surface area contributed by atoms with Crippen LogP contribution in [0.2, 0.25) is 0 Å². The minimum Gasteiger partial charge on any atom is -0.491 e. The smallest absolute Gasteiger partial charge is 0.340 e. The summed E-state index contributed by atoms with van der Waals surface area (Å²) in [6, 6.07) is 5.52. The Morgan fingerprint density at radius 3 is 2.84 bits per heavy atom. The fraction of sp³-hybridized carbons (Fsp3) is 0.500. The molecule has 0 amide bonds. The highest BCUT2D eigenvalue weighted by Crippen LogP contribution is 2.29. The van der Waals surface area contributed by atoms with Crippen LogP contribution in [0.15, 0.2) is 18.2 Å². The van der Waals surface area contributed by atoms with Crippen LogP contribution in [0.4, 0.5) is 0 Å². The zero-order valence-electron chi connectivity index (χ0n) is 15.0. The number of carbonyl (C=O) groups is 1. The van der Waals surface area contributed by atoms with Crippen molar-refractivity contribution < 1.29 is 29.8 Å². The number of aryl methyl sites for hydroxylation is 1. The molecule has 1 heterocycles. The van der Waals surface area contributed by atoms with Crippen molar-refractivity contribution in [3.05, 3.63) is 29.5 Å². The molecular formula is C18H27N2O5+. The van der Waals surface area contributed by atoms with Crippen LogP contribution in [0.25, 0.3) is 10.9 Å². The van der Waals surface area contributed by atoms with Gasteiger partial charge in [0.05, 0.1) is 25.3 Å². The molecule has 0 bridgehead atoms. The van der Waals surface area contributed by atoms with Crippen LogP contribution in [0.3, 0.4) is 0 Å². The fourth-order valence-electron chi connectivity index (χ4n) is 2.76. The second-order valence-corrected chi connectivity index (χ2v) is 5.92. The summed E-state index contributed by atoms with van der Waals surface area (Å²) in [6.45, 7) is 5.22. The predicted octanol–water partition coefficient (Wildman–Crippen LogP) is -0.0412. The van der Waals surface area contributed by atoms with E-state index in [0.29, 0.717) is 31.0 Å². The monoisotopic (exact) mass is 351 g/mol. The highest BCUT2D eigenvalue weighted by Gasteiger charge is 2.20. The zero-order chi connectivity index (χ0) is 18.4. The zero-order valence-corrected chi connectivity index (χ0v) is 15.0. The lowest BCUT2D eigenvalue weighted by atomic mass is 10.1. The largest absolute Gasteiger partial charge is 0.491 e. The Morgan fingerprint density at radius 2 is 2.16 bits per heavy atom. The minimum atomic E-state index is -0.635. The van der Waals surface area contributed by atoms with Crippen LogP contribution in [-0.2, 0) is 11.8 Å². The maximum absolute atomic E-state index is 12.3. The number of quaternary nitrogens is 1. The number of benzene rings is 1. The van der Waals surface area contributed by atoms with E-state index in [1.165, 1.54) is 0 Å². The number of aliphatic hydroxyl groups is 2. The van der Waals surface area contributed by atoms with Gasteiger partial charge in [0.15, 0.2) is 0 Å². The molecule has 2 aromatic rings. The molecule has 1 aromatic carbocycles. The summed E-state index contributed by atoms with van der Waals surface area (Å²) in [5.74, 6) is 0.242. The molecule has 0 aliphatic rings. The standard InChI is InChI=1S/C18H26N2O5/c1-4-24-18(23)17-12(2)20(3)16-6-5-14(9-15(16)17)25-11-13(22)10-19-7-8-21/h5-6,9,13,19,21-22H,4,7-8,10-11H2,1-3H3/p+1. The number of ether oxygens (including phenoxy) is 2. The normalized spacial score (nSPS) is 12.4. The molecule has 2 rings (SSSR count). The Morgan fingerprint density at radius 1 is 1.40 bits per heavy atom. The van der Waals surface area contributed by atoms with E-state index in [4.69, 9.17) is 14.6 Å². The average Bonchev–Trinajstić information content (AvgIpc) is 2.84. The van der Waals surface area contributed by atoms with Crippen LogP contribution in [0, 0.1) is 6.92 Å². The van der Waals surface area contributed by atoms with Gasteiger partial charge in [-0.15, -0.1) is 0 Å². The number of fused-ring (bicyclic) bond motifs is 1. The van der Waals surface area contributed by atoms with Crippen LogP contribution < -0.4 is 10.1 Å². The number of rotatable bonds is 9. The SMILES string of the molecule is CCOC(=O)c1c(C)n(C)c2ccc(OCC(O)C[NH2+]CCO)cc12. The van der Waals surface area contributed by atoms with Gasteiger partial charge in [-0.1, -0.05) is 0 Å². The molecule has 0 saturated heterocycles. The van der Waals surface area contributed by atoms with Crippen molar-refractivity contribution in [2.75, 3.05) is 32.9 Å². The summed E-state index contributed by atoms with van der Waals surface area (Å²) in [5, 5.41) is 21.2. The van der Waals surface area contributed by atoms with Crippen LogP contribution in [-0.4, -0.2) is 59.8 Å². The molecule has 138 valence electrons. The molecule has 25 heavy (non-hydrogen) atoms. The number of nitrogens with zero attached hydrogens (tertiary/aromatic N) is 1. The molecule has 1 atom stereocenters. The second-order valence-electron chi connectivity index (χ2n) is 5.92. The van der Waals surface area contributed by atoms with Gasteiger partial charge >= 0.3 is 5.97 Å². The van der Waals surface area contributed by atoms with Crippen LogP contribution >= 0.6 is 0 Å². The first-order chi connectivity index (χ1) is 12.0. The third-order valence-corrected chi connectivity index (χ3v) is 4.16. The quantitative estimate of drug-likeness (QED) is 0.435. The number of nitrogens with two attached hydrogens (primary N) is 1. The van der Waals surface area contributed by atoms with E-state index in [0.717, 1.165) is 16.6 Å². The topological polar surface area (TPSA) is 97.5 Å². The molecule has 0 aliphatic heterocycles. The fourth-order valence-corrected chi connectivity index (χ4v) is 2.76. The molecule has 7 heteroatoms. The number of aromatic nitrogens is 1. The Hall–Kier alpha value is -2.09. The first-order valence-corrected chi connectivity index (χ1v) is 8.49. The summed E-state index contributed by atoms with van der Waals surface area (Å²) < 4.78 is 12.8.